The summed E-state index contributed by atoms with van der Waals surface area (Å²) in [6.07, 6.45) is 5.85. The van der Waals surface area contributed by atoms with Gasteiger partial charge in [-0.3, -0.25) is 0 Å². The lowest BCUT2D eigenvalue weighted by Gasteiger charge is -2.41. The molecule has 0 spiro atoms. The van der Waals surface area contributed by atoms with Crippen LogP contribution in [-0.4, -0.2) is 68.8 Å². The van der Waals surface area contributed by atoms with Crippen molar-refractivity contribution in [1.29, 1.82) is 0 Å². The summed E-state index contributed by atoms with van der Waals surface area (Å²) in [6, 6.07) is 15.0. The molecule has 192 valence electrons. The van der Waals surface area contributed by atoms with Gasteiger partial charge in [-0.05, 0) is 70.1 Å². The van der Waals surface area contributed by atoms with E-state index in [1.54, 1.807) is 12.1 Å². The molecule has 0 amide bonds. The van der Waals surface area contributed by atoms with Crippen LogP contribution in [0.4, 0.5) is 10.2 Å². The van der Waals surface area contributed by atoms with Crippen molar-refractivity contribution >= 4 is 16.9 Å². The highest BCUT2D eigenvalue weighted by atomic mass is 19.1. The minimum Gasteiger partial charge on any atom is -0.457 e. The molecule has 4 aromatic rings. The SMILES string of the molecule is CN1CCC(N2CCC(n3nc(-c4ccc(Oc5ccccc5)cc4F)c4c(N)ncnc43)CC2)CC1. The van der Waals surface area contributed by atoms with Crippen LogP contribution >= 0.6 is 0 Å². The minimum atomic E-state index is -0.430. The van der Waals surface area contributed by atoms with Crippen LogP contribution in [0.3, 0.4) is 0 Å². The van der Waals surface area contributed by atoms with Crippen molar-refractivity contribution in [2.24, 2.45) is 0 Å². The van der Waals surface area contributed by atoms with Gasteiger partial charge in [-0.1, -0.05) is 18.2 Å². The molecule has 2 N–H and O–H groups in total. The Morgan fingerprint density at radius 1 is 0.892 bits per heavy atom. The molecule has 0 bridgehead atoms. The Balaban J connectivity index is 1.27. The van der Waals surface area contributed by atoms with Crippen LogP contribution in [0.15, 0.2) is 54.9 Å². The van der Waals surface area contributed by atoms with Gasteiger partial charge >= 0.3 is 0 Å². The van der Waals surface area contributed by atoms with E-state index in [9.17, 15) is 0 Å². The number of ether oxygens (including phenoxy) is 1. The highest BCUT2D eigenvalue weighted by Crippen LogP contribution is 2.37. The fourth-order valence-corrected chi connectivity index (χ4v) is 5.67. The molecule has 37 heavy (non-hydrogen) atoms. The molecule has 0 aliphatic carbocycles. The molecule has 0 atom stereocenters. The molecular weight excluding hydrogens is 469 g/mol. The van der Waals surface area contributed by atoms with E-state index in [0.717, 1.165) is 39.0 Å². The number of fused-ring (bicyclic) bond motifs is 1. The first-order valence-electron chi connectivity index (χ1n) is 13.0. The predicted molar refractivity (Wildman–Crippen MR) is 142 cm³/mol. The largest absolute Gasteiger partial charge is 0.457 e. The normalized spacial score (nSPS) is 18.4. The standard InChI is InChI=1S/C28H32FN7O/c1-34-13-9-19(10-14-34)35-15-11-20(12-16-35)36-28-25(27(30)31-18-32-28)26(33-36)23-8-7-22(17-24(23)29)37-21-5-3-2-4-6-21/h2-8,17-20H,9-16H2,1H3,(H2,30,31,32). The van der Waals surface area contributed by atoms with Crippen molar-refractivity contribution in [3.63, 3.8) is 0 Å². The average Bonchev–Trinajstić information content (AvgIpc) is 3.31. The summed E-state index contributed by atoms with van der Waals surface area (Å²) in [7, 11) is 2.20. The number of aromatic nitrogens is 4. The molecule has 2 fully saturated rings. The zero-order chi connectivity index (χ0) is 25.4. The predicted octanol–water partition coefficient (Wildman–Crippen LogP) is 4.74. The van der Waals surface area contributed by atoms with Crippen molar-refractivity contribution < 1.29 is 9.13 Å². The van der Waals surface area contributed by atoms with Crippen LogP contribution in [0.5, 0.6) is 11.5 Å². The second-order valence-corrected chi connectivity index (χ2v) is 10.1. The third-order valence-electron chi connectivity index (χ3n) is 7.74. The fraction of sp³-hybridized carbons (Fsp3) is 0.393. The molecule has 6 rings (SSSR count). The van der Waals surface area contributed by atoms with Crippen LogP contribution < -0.4 is 10.5 Å². The number of hydrogen-bond donors (Lipinski definition) is 1. The summed E-state index contributed by atoms with van der Waals surface area (Å²) in [5.74, 6) is 0.939. The molecular formula is C28H32FN7O. The van der Waals surface area contributed by atoms with E-state index < -0.39 is 5.82 Å². The Bertz CT molecular complexity index is 1380. The summed E-state index contributed by atoms with van der Waals surface area (Å²) in [4.78, 5) is 13.8. The maximum absolute atomic E-state index is 15.4. The van der Waals surface area contributed by atoms with E-state index in [0.29, 0.717) is 45.6 Å². The van der Waals surface area contributed by atoms with E-state index in [2.05, 4.69) is 26.8 Å². The van der Waals surface area contributed by atoms with Gasteiger partial charge in [0.2, 0.25) is 0 Å². The first-order valence-corrected chi connectivity index (χ1v) is 13.0. The van der Waals surface area contributed by atoms with Crippen molar-refractivity contribution in [1.82, 2.24) is 29.5 Å². The van der Waals surface area contributed by atoms with E-state index >= 15 is 4.39 Å². The van der Waals surface area contributed by atoms with Crippen LogP contribution in [0.1, 0.15) is 31.7 Å². The zero-order valence-corrected chi connectivity index (χ0v) is 21.1. The molecule has 4 heterocycles. The number of likely N-dealkylation sites (tertiary alicyclic amines) is 2. The number of anilines is 1. The van der Waals surface area contributed by atoms with E-state index in [-0.39, 0.29) is 6.04 Å². The van der Waals surface area contributed by atoms with Gasteiger partial charge in [0.1, 0.15) is 35.2 Å². The number of nitrogens with zero attached hydrogens (tertiary/aromatic N) is 6. The first-order chi connectivity index (χ1) is 18.1. The van der Waals surface area contributed by atoms with Gasteiger partial charge in [0, 0.05) is 30.8 Å². The van der Waals surface area contributed by atoms with Crippen LogP contribution in [0.2, 0.25) is 0 Å². The second kappa shape index (κ2) is 10.1. The minimum absolute atomic E-state index is 0.178. The van der Waals surface area contributed by atoms with Crippen LogP contribution in [0.25, 0.3) is 22.3 Å². The Morgan fingerprint density at radius 3 is 2.35 bits per heavy atom. The molecule has 2 aromatic carbocycles. The molecule has 2 aliphatic rings. The fourth-order valence-electron chi connectivity index (χ4n) is 5.67. The maximum Gasteiger partial charge on any atom is 0.164 e. The summed E-state index contributed by atoms with van der Waals surface area (Å²) in [5, 5.41) is 5.49. The number of benzene rings is 2. The summed E-state index contributed by atoms with van der Waals surface area (Å²) in [6.45, 7) is 4.37. The lowest BCUT2D eigenvalue weighted by atomic mass is 9.98. The van der Waals surface area contributed by atoms with Crippen molar-refractivity contribution in [2.45, 2.75) is 37.8 Å². The van der Waals surface area contributed by atoms with Gasteiger partial charge in [-0.15, -0.1) is 0 Å². The number of hydrogen-bond acceptors (Lipinski definition) is 7. The van der Waals surface area contributed by atoms with Crippen LogP contribution in [-0.2, 0) is 0 Å². The van der Waals surface area contributed by atoms with Gasteiger partial charge in [0.05, 0.1) is 11.4 Å². The topological polar surface area (TPSA) is 85.3 Å². The van der Waals surface area contributed by atoms with E-state index in [1.807, 2.05) is 35.0 Å². The summed E-state index contributed by atoms with van der Waals surface area (Å²) >= 11 is 0. The lowest BCUT2D eigenvalue weighted by molar-refractivity contribution is 0.0859. The number of nitrogens with two attached hydrogens (primary N) is 1. The summed E-state index contributed by atoms with van der Waals surface area (Å²) in [5.41, 5.74) is 7.77. The van der Waals surface area contributed by atoms with Crippen molar-refractivity contribution in [3.8, 4) is 22.8 Å². The Hall–Kier alpha value is -3.56. The molecule has 0 saturated carbocycles. The van der Waals surface area contributed by atoms with E-state index in [1.165, 1.54) is 25.2 Å². The number of nitrogen functional groups attached to an aromatic ring is 1. The molecule has 9 heteroatoms. The number of rotatable bonds is 5. The summed E-state index contributed by atoms with van der Waals surface area (Å²) < 4.78 is 23.2. The molecule has 0 radical (unpaired) electrons. The zero-order valence-electron chi connectivity index (χ0n) is 21.1. The highest BCUT2D eigenvalue weighted by molar-refractivity contribution is 5.98. The van der Waals surface area contributed by atoms with Gasteiger partial charge in [-0.2, -0.15) is 5.10 Å². The molecule has 2 saturated heterocycles. The van der Waals surface area contributed by atoms with Gasteiger partial charge in [0.15, 0.2) is 5.65 Å². The smallest absolute Gasteiger partial charge is 0.164 e. The first kappa shape index (κ1) is 23.8. The molecule has 0 unspecified atom stereocenters. The molecule has 2 aromatic heterocycles. The van der Waals surface area contributed by atoms with Crippen molar-refractivity contribution in [3.05, 3.63) is 60.7 Å². The van der Waals surface area contributed by atoms with E-state index in [4.69, 9.17) is 15.6 Å². The average molecular weight is 502 g/mol. The number of halogens is 1. The highest BCUT2D eigenvalue weighted by Gasteiger charge is 2.30. The quantitative estimate of drug-likeness (QED) is 0.423. The van der Waals surface area contributed by atoms with Crippen molar-refractivity contribution in [2.75, 3.05) is 39.0 Å². The third kappa shape index (κ3) is 4.76. The lowest BCUT2D eigenvalue weighted by Crippen LogP contribution is -2.47. The number of piperidine rings is 2. The maximum atomic E-state index is 15.4. The third-order valence-corrected chi connectivity index (χ3v) is 7.74. The monoisotopic (exact) mass is 501 g/mol. The second-order valence-electron chi connectivity index (χ2n) is 10.1. The van der Waals surface area contributed by atoms with Gasteiger partial charge in [-0.25, -0.2) is 19.0 Å². The number of para-hydroxylation sites is 1. The van der Waals surface area contributed by atoms with Gasteiger partial charge in [0.25, 0.3) is 0 Å². The Labute approximate surface area is 215 Å². The molecule has 8 nitrogen and oxygen atoms in total. The Morgan fingerprint density at radius 2 is 1.62 bits per heavy atom. The Kier molecular flexibility index (Phi) is 6.48. The molecule has 2 aliphatic heterocycles. The van der Waals surface area contributed by atoms with Crippen LogP contribution in [0, 0.1) is 5.82 Å². The van der Waals surface area contributed by atoms with Gasteiger partial charge < -0.3 is 20.3 Å².